The third-order valence-electron chi connectivity index (χ3n) is 4.34. The minimum absolute atomic E-state index is 0.297. The first-order valence-electron chi connectivity index (χ1n) is 8.51. The van der Waals surface area contributed by atoms with E-state index in [9.17, 15) is 14.7 Å². The Hall–Kier alpha value is -1.28. The zero-order chi connectivity index (χ0) is 18.7. The highest BCUT2D eigenvalue weighted by Gasteiger charge is 2.45. The largest absolute Gasteiger partial charge is 0.465 e. The molecule has 3 atom stereocenters. The molecule has 1 aliphatic heterocycles. The van der Waals surface area contributed by atoms with Gasteiger partial charge in [0.1, 0.15) is 0 Å². The number of carboxylic acid groups (broad SMARTS) is 1. The number of nitrogens with one attached hydrogen (secondary N) is 1. The number of likely N-dealkylation sites (tertiary alicyclic amines) is 1. The van der Waals surface area contributed by atoms with Crippen LogP contribution in [0.4, 0.5) is 9.59 Å². The number of nitrogens with two attached hydrogens (primary N) is 1. The molecule has 8 heteroatoms. The second-order valence-electron chi connectivity index (χ2n) is 8.86. The lowest BCUT2D eigenvalue weighted by molar-refractivity contribution is 0.0283. The van der Waals surface area contributed by atoms with Crippen LogP contribution < -0.4 is 11.1 Å². The van der Waals surface area contributed by atoms with Crippen LogP contribution in [0.3, 0.4) is 0 Å². The van der Waals surface area contributed by atoms with Crippen molar-refractivity contribution in [3.63, 3.8) is 0 Å². The van der Waals surface area contributed by atoms with Gasteiger partial charge in [0.15, 0.2) is 0 Å². The van der Waals surface area contributed by atoms with Gasteiger partial charge in [0.05, 0.1) is 18.7 Å². The summed E-state index contributed by atoms with van der Waals surface area (Å²) in [4.78, 5) is 25.1. The predicted octanol–water partition coefficient (Wildman–Crippen LogP) is 2.55. The number of hydrogen-bond donors (Lipinski definition) is 3. The SMILES string of the molecule is CC(C)(C)C1C(NC(=O)OCC[Si](C)(C)C)C(N)CCN1C(=O)O. The molecule has 1 aliphatic rings. The van der Waals surface area contributed by atoms with Crippen molar-refractivity contribution in [2.45, 2.75) is 71.0 Å². The van der Waals surface area contributed by atoms with Gasteiger partial charge in [-0.1, -0.05) is 40.4 Å². The zero-order valence-corrected chi connectivity index (χ0v) is 16.8. The molecule has 24 heavy (non-hydrogen) atoms. The van der Waals surface area contributed by atoms with Crippen LogP contribution in [0.25, 0.3) is 0 Å². The highest BCUT2D eigenvalue weighted by molar-refractivity contribution is 6.76. The van der Waals surface area contributed by atoms with Crippen molar-refractivity contribution in [3.8, 4) is 0 Å². The lowest BCUT2D eigenvalue weighted by atomic mass is 9.76. The summed E-state index contributed by atoms with van der Waals surface area (Å²) in [7, 11) is -1.27. The van der Waals surface area contributed by atoms with Crippen LogP contribution in [0.2, 0.25) is 25.7 Å². The molecule has 7 nitrogen and oxygen atoms in total. The average Bonchev–Trinajstić information content (AvgIpc) is 2.37. The maximum atomic E-state index is 12.2. The van der Waals surface area contributed by atoms with Gasteiger partial charge in [-0.25, -0.2) is 9.59 Å². The second-order valence-corrected chi connectivity index (χ2v) is 14.5. The normalized spacial score (nSPS) is 25.3. The number of hydrogen-bond acceptors (Lipinski definition) is 4. The first kappa shape index (κ1) is 20.8. The monoisotopic (exact) mass is 359 g/mol. The molecule has 1 saturated heterocycles. The van der Waals surface area contributed by atoms with Crippen LogP contribution in [0.15, 0.2) is 0 Å². The Morgan fingerprint density at radius 2 is 1.92 bits per heavy atom. The van der Waals surface area contributed by atoms with Crippen LogP contribution in [0, 0.1) is 5.41 Å². The molecule has 0 aromatic carbocycles. The molecule has 1 heterocycles. The van der Waals surface area contributed by atoms with Gasteiger partial charge in [0, 0.05) is 20.7 Å². The second kappa shape index (κ2) is 7.73. The van der Waals surface area contributed by atoms with Gasteiger partial charge in [0.2, 0.25) is 0 Å². The number of carbonyl (C=O) groups is 2. The van der Waals surface area contributed by atoms with E-state index in [4.69, 9.17) is 10.5 Å². The number of alkyl carbamates (subject to hydrolysis) is 1. The van der Waals surface area contributed by atoms with Crippen molar-refractivity contribution in [1.29, 1.82) is 0 Å². The van der Waals surface area contributed by atoms with Gasteiger partial charge in [-0.3, -0.25) is 0 Å². The molecule has 0 bridgehead atoms. The summed E-state index contributed by atoms with van der Waals surface area (Å²) < 4.78 is 5.29. The molecule has 1 rings (SSSR count). The van der Waals surface area contributed by atoms with E-state index in [1.54, 1.807) is 0 Å². The van der Waals surface area contributed by atoms with E-state index in [0.717, 1.165) is 6.04 Å². The minimum atomic E-state index is -1.27. The molecule has 0 saturated carbocycles. The fourth-order valence-electron chi connectivity index (χ4n) is 3.07. The lowest BCUT2D eigenvalue weighted by Gasteiger charge is -2.49. The average molecular weight is 360 g/mol. The van der Waals surface area contributed by atoms with E-state index in [0.29, 0.717) is 19.6 Å². The molecule has 0 aromatic heterocycles. The molecular formula is C16H33N3O4Si. The molecule has 4 N–H and O–H groups in total. The smallest absolute Gasteiger partial charge is 0.407 e. The molecular weight excluding hydrogens is 326 g/mol. The Kier molecular flexibility index (Phi) is 6.69. The van der Waals surface area contributed by atoms with Gasteiger partial charge in [-0.15, -0.1) is 0 Å². The zero-order valence-electron chi connectivity index (χ0n) is 15.8. The van der Waals surface area contributed by atoms with Gasteiger partial charge in [0.25, 0.3) is 0 Å². The Bertz CT molecular complexity index is 459. The van der Waals surface area contributed by atoms with Gasteiger partial charge >= 0.3 is 12.2 Å². The molecule has 3 unspecified atom stereocenters. The number of nitrogens with zero attached hydrogens (tertiary/aromatic N) is 1. The topological polar surface area (TPSA) is 105 Å². The van der Waals surface area contributed by atoms with Crippen molar-refractivity contribution >= 4 is 20.3 Å². The predicted molar refractivity (Wildman–Crippen MR) is 97.0 cm³/mol. The summed E-state index contributed by atoms with van der Waals surface area (Å²) in [5.74, 6) is 0. The van der Waals surface area contributed by atoms with Gasteiger partial charge < -0.3 is 25.8 Å². The van der Waals surface area contributed by atoms with Crippen LogP contribution in [-0.2, 0) is 4.74 Å². The fraction of sp³-hybridized carbons (Fsp3) is 0.875. The van der Waals surface area contributed by atoms with Crippen molar-refractivity contribution in [3.05, 3.63) is 0 Å². The van der Waals surface area contributed by atoms with Crippen LogP contribution in [0.5, 0.6) is 0 Å². The van der Waals surface area contributed by atoms with E-state index < -0.39 is 32.3 Å². The number of rotatable bonds is 4. The van der Waals surface area contributed by atoms with E-state index in [1.165, 1.54) is 4.90 Å². The summed E-state index contributed by atoms with van der Waals surface area (Å²) in [6.45, 7) is 13.3. The Morgan fingerprint density at radius 3 is 2.38 bits per heavy atom. The van der Waals surface area contributed by atoms with Crippen molar-refractivity contribution in [1.82, 2.24) is 10.2 Å². The molecule has 0 aliphatic carbocycles. The van der Waals surface area contributed by atoms with Crippen LogP contribution >= 0.6 is 0 Å². The van der Waals surface area contributed by atoms with E-state index in [1.807, 2.05) is 20.8 Å². The summed E-state index contributed by atoms with van der Waals surface area (Å²) >= 11 is 0. The van der Waals surface area contributed by atoms with Crippen LogP contribution in [-0.4, -0.2) is 61.5 Å². The highest BCUT2D eigenvalue weighted by Crippen LogP contribution is 2.32. The van der Waals surface area contributed by atoms with Crippen molar-refractivity contribution in [2.75, 3.05) is 13.2 Å². The summed E-state index contributed by atoms with van der Waals surface area (Å²) in [6, 6.07) is -0.270. The summed E-state index contributed by atoms with van der Waals surface area (Å²) in [5, 5.41) is 12.3. The van der Waals surface area contributed by atoms with Crippen LogP contribution in [0.1, 0.15) is 27.2 Å². The number of carbonyl (C=O) groups excluding carboxylic acids is 1. The fourth-order valence-corrected chi connectivity index (χ4v) is 3.78. The third-order valence-corrected chi connectivity index (χ3v) is 6.05. The Balaban J connectivity index is 2.80. The first-order chi connectivity index (χ1) is 10.8. The first-order valence-corrected chi connectivity index (χ1v) is 12.2. The third kappa shape index (κ3) is 5.97. The Labute approximate surface area is 145 Å². The maximum Gasteiger partial charge on any atom is 0.407 e. The maximum absolute atomic E-state index is 12.2. The molecule has 2 amide bonds. The molecule has 0 aromatic rings. The Morgan fingerprint density at radius 1 is 1.33 bits per heavy atom. The minimum Gasteiger partial charge on any atom is -0.465 e. The molecule has 140 valence electrons. The standard InChI is InChI=1S/C16H33N3O4Si/c1-16(2,3)13-12(11(17)7-8-19(13)15(21)22)18-14(20)23-9-10-24(4,5)6/h11-13H,7-10,17H2,1-6H3,(H,18,20)(H,21,22). The van der Waals surface area contributed by atoms with E-state index in [-0.39, 0.29) is 11.5 Å². The van der Waals surface area contributed by atoms with Crippen molar-refractivity contribution < 1.29 is 19.4 Å². The number of amides is 2. The van der Waals surface area contributed by atoms with Gasteiger partial charge in [-0.05, 0) is 17.9 Å². The highest BCUT2D eigenvalue weighted by atomic mass is 28.3. The molecule has 0 radical (unpaired) electrons. The van der Waals surface area contributed by atoms with Gasteiger partial charge in [-0.2, -0.15) is 0 Å². The summed E-state index contributed by atoms with van der Waals surface area (Å²) in [6.07, 6.45) is -0.991. The lowest BCUT2D eigenvalue weighted by Crippen LogP contribution is -2.68. The summed E-state index contributed by atoms with van der Waals surface area (Å²) in [5.41, 5.74) is 5.84. The van der Waals surface area contributed by atoms with Crippen molar-refractivity contribution in [2.24, 2.45) is 11.1 Å². The molecule has 0 spiro atoms. The van der Waals surface area contributed by atoms with E-state index >= 15 is 0 Å². The quantitative estimate of drug-likeness (QED) is 0.669. The van der Waals surface area contributed by atoms with E-state index in [2.05, 4.69) is 25.0 Å². The molecule has 1 fully saturated rings. The number of piperidine rings is 1. The number of ether oxygens (including phenoxy) is 1.